The predicted octanol–water partition coefficient (Wildman–Crippen LogP) is 3.03. The fraction of sp³-hybridized carbons (Fsp3) is 0.333. The maximum Gasteiger partial charge on any atom is 0.183 e. The summed E-state index contributed by atoms with van der Waals surface area (Å²) in [6, 6.07) is 4.19. The summed E-state index contributed by atoms with van der Waals surface area (Å²) < 4.78 is 0. The maximum atomic E-state index is 8.57. The van der Waals surface area contributed by atoms with E-state index in [4.69, 9.17) is 5.26 Å². The summed E-state index contributed by atoms with van der Waals surface area (Å²) >= 11 is 1.43. The van der Waals surface area contributed by atoms with Gasteiger partial charge in [0.1, 0.15) is 0 Å². The van der Waals surface area contributed by atoms with Gasteiger partial charge in [0.05, 0.1) is 5.69 Å². The summed E-state index contributed by atoms with van der Waals surface area (Å²) in [5, 5.41) is 11.8. The molecule has 84 valence electrons. The summed E-state index contributed by atoms with van der Waals surface area (Å²) in [5.74, 6) is 0. The third-order valence-corrected chi connectivity index (χ3v) is 2.78. The van der Waals surface area contributed by atoms with Crippen molar-refractivity contribution in [2.75, 3.05) is 6.26 Å². The van der Waals surface area contributed by atoms with Gasteiger partial charge in [-0.2, -0.15) is 5.26 Å². The maximum absolute atomic E-state index is 8.57. The Labute approximate surface area is 101 Å². The first-order valence-corrected chi connectivity index (χ1v) is 6.16. The number of hydrogen-bond acceptors (Lipinski definition) is 3. The van der Waals surface area contributed by atoms with Gasteiger partial charge in [-0.15, -0.1) is 0 Å². The molecule has 3 nitrogen and oxygen atoms in total. The molecule has 1 rings (SSSR count). The first-order valence-electron chi connectivity index (χ1n) is 4.94. The lowest BCUT2D eigenvalue weighted by Gasteiger charge is -2.08. The molecule has 16 heavy (non-hydrogen) atoms. The van der Waals surface area contributed by atoms with E-state index in [2.05, 4.69) is 29.4 Å². The van der Waals surface area contributed by atoms with E-state index in [0.29, 0.717) is 5.17 Å². The molecule has 1 aromatic carbocycles. The van der Waals surface area contributed by atoms with Crippen molar-refractivity contribution in [2.45, 2.75) is 20.8 Å². The van der Waals surface area contributed by atoms with Crippen molar-refractivity contribution in [2.24, 2.45) is 4.99 Å². The van der Waals surface area contributed by atoms with Gasteiger partial charge >= 0.3 is 0 Å². The lowest BCUT2D eigenvalue weighted by molar-refractivity contribution is 1.24. The fourth-order valence-electron chi connectivity index (χ4n) is 1.62. The highest BCUT2D eigenvalue weighted by molar-refractivity contribution is 8.13. The quantitative estimate of drug-likeness (QED) is 0.351. The second kappa shape index (κ2) is 5.57. The molecule has 0 saturated heterocycles. The van der Waals surface area contributed by atoms with Gasteiger partial charge in [0.2, 0.25) is 0 Å². The average molecular weight is 233 g/mol. The van der Waals surface area contributed by atoms with Crippen LogP contribution in [0.5, 0.6) is 0 Å². The molecule has 0 aliphatic heterocycles. The van der Waals surface area contributed by atoms with Gasteiger partial charge in [0.15, 0.2) is 11.4 Å². The molecule has 0 bridgehead atoms. The number of nitriles is 1. The number of thioether (sulfide) groups is 1. The highest BCUT2D eigenvalue weighted by Crippen LogP contribution is 2.25. The lowest BCUT2D eigenvalue weighted by atomic mass is 10.1. The molecule has 0 aliphatic carbocycles. The van der Waals surface area contributed by atoms with Crippen molar-refractivity contribution in [3.05, 3.63) is 28.8 Å². The van der Waals surface area contributed by atoms with Gasteiger partial charge in [-0.05, 0) is 38.2 Å². The fourth-order valence-corrected chi connectivity index (χ4v) is 1.95. The number of nitrogens with zero attached hydrogens (tertiary/aromatic N) is 2. The van der Waals surface area contributed by atoms with Crippen LogP contribution in [0.3, 0.4) is 0 Å². The predicted molar refractivity (Wildman–Crippen MR) is 70.0 cm³/mol. The zero-order valence-corrected chi connectivity index (χ0v) is 10.8. The minimum absolute atomic E-state index is 0.623. The van der Waals surface area contributed by atoms with Gasteiger partial charge in [0, 0.05) is 0 Å². The van der Waals surface area contributed by atoms with Crippen molar-refractivity contribution in [1.29, 1.82) is 5.26 Å². The minimum Gasteiger partial charge on any atom is -0.271 e. The van der Waals surface area contributed by atoms with Crippen LogP contribution in [0.25, 0.3) is 0 Å². The Bertz CT molecular complexity index is 435. The number of aryl methyl sites for hydroxylation is 3. The van der Waals surface area contributed by atoms with Gasteiger partial charge in [-0.3, -0.25) is 5.32 Å². The number of rotatable bonds is 1. The molecule has 4 heteroatoms. The molecule has 0 aliphatic rings. The van der Waals surface area contributed by atoms with Crippen LogP contribution >= 0.6 is 11.8 Å². The first kappa shape index (κ1) is 12.6. The van der Waals surface area contributed by atoms with Gasteiger partial charge in [0.25, 0.3) is 0 Å². The zero-order chi connectivity index (χ0) is 12.1. The Balaban J connectivity index is 3.19. The number of amidine groups is 1. The second-order valence-electron chi connectivity index (χ2n) is 3.61. The zero-order valence-electron chi connectivity index (χ0n) is 9.96. The Kier molecular flexibility index (Phi) is 4.39. The van der Waals surface area contributed by atoms with Crippen LogP contribution in [-0.4, -0.2) is 11.4 Å². The molecule has 0 fully saturated rings. The van der Waals surface area contributed by atoms with Crippen LogP contribution in [0.2, 0.25) is 0 Å². The van der Waals surface area contributed by atoms with Crippen molar-refractivity contribution in [3.63, 3.8) is 0 Å². The summed E-state index contributed by atoms with van der Waals surface area (Å²) in [5.41, 5.74) is 4.43. The SMILES string of the molecule is CSC(=Nc1c(C)cc(C)cc1C)NC#N. The largest absolute Gasteiger partial charge is 0.271 e. The molecular weight excluding hydrogens is 218 g/mol. The van der Waals surface area contributed by atoms with Crippen molar-refractivity contribution >= 4 is 22.6 Å². The number of aliphatic imine (C=N–C) groups is 1. The molecule has 1 N–H and O–H groups in total. The molecular formula is C12H15N3S. The van der Waals surface area contributed by atoms with Crippen molar-refractivity contribution in [1.82, 2.24) is 5.32 Å². The Morgan fingerprint density at radius 2 is 1.88 bits per heavy atom. The highest BCUT2D eigenvalue weighted by atomic mass is 32.2. The van der Waals surface area contributed by atoms with Crippen molar-refractivity contribution in [3.8, 4) is 6.19 Å². The number of benzene rings is 1. The standard InChI is InChI=1S/C12H15N3S/c1-8-5-9(2)11(10(3)6-8)15-12(16-4)14-7-13/h5-6H,1-4H3,(H,14,15). The normalized spacial score (nSPS) is 11.1. The molecule has 0 spiro atoms. The van der Waals surface area contributed by atoms with E-state index in [0.717, 1.165) is 16.8 Å². The third kappa shape index (κ3) is 3.01. The molecule has 1 aromatic rings. The monoisotopic (exact) mass is 233 g/mol. The van der Waals surface area contributed by atoms with E-state index in [1.807, 2.05) is 26.3 Å². The van der Waals surface area contributed by atoms with E-state index in [-0.39, 0.29) is 0 Å². The lowest BCUT2D eigenvalue weighted by Crippen LogP contribution is -2.12. The summed E-state index contributed by atoms with van der Waals surface area (Å²) in [6.07, 6.45) is 3.78. The third-order valence-electron chi connectivity index (χ3n) is 2.20. The van der Waals surface area contributed by atoms with E-state index in [9.17, 15) is 0 Å². The van der Waals surface area contributed by atoms with Crippen LogP contribution < -0.4 is 5.32 Å². The summed E-state index contributed by atoms with van der Waals surface area (Å²) in [4.78, 5) is 4.45. The molecule has 0 amide bonds. The van der Waals surface area contributed by atoms with Gasteiger partial charge in [-0.25, -0.2) is 4.99 Å². The van der Waals surface area contributed by atoms with Crippen LogP contribution in [-0.2, 0) is 0 Å². The molecule has 0 atom stereocenters. The molecule has 0 radical (unpaired) electrons. The minimum atomic E-state index is 0.623. The molecule has 0 heterocycles. The second-order valence-corrected chi connectivity index (χ2v) is 4.40. The topological polar surface area (TPSA) is 48.2 Å². The Hall–Kier alpha value is -1.47. The molecule has 0 aromatic heterocycles. The summed E-state index contributed by atoms with van der Waals surface area (Å²) in [6.45, 7) is 6.13. The van der Waals surface area contributed by atoms with E-state index < -0.39 is 0 Å². The first-order chi connectivity index (χ1) is 7.58. The van der Waals surface area contributed by atoms with Crippen LogP contribution in [0.15, 0.2) is 17.1 Å². The summed E-state index contributed by atoms with van der Waals surface area (Å²) in [7, 11) is 0. The molecule has 0 unspecified atom stereocenters. The number of nitrogens with one attached hydrogen (secondary N) is 1. The van der Waals surface area contributed by atoms with Crippen LogP contribution in [0.1, 0.15) is 16.7 Å². The van der Waals surface area contributed by atoms with Gasteiger partial charge in [-0.1, -0.05) is 29.5 Å². The van der Waals surface area contributed by atoms with E-state index >= 15 is 0 Å². The average Bonchev–Trinajstić information content (AvgIpc) is 2.21. The van der Waals surface area contributed by atoms with E-state index in [1.54, 1.807) is 0 Å². The Morgan fingerprint density at radius 3 is 2.31 bits per heavy atom. The smallest absolute Gasteiger partial charge is 0.183 e. The van der Waals surface area contributed by atoms with Crippen LogP contribution in [0, 0.1) is 32.2 Å². The highest BCUT2D eigenvalue weighted by Gasteiger charge is 2.04. The number of hydrogen-bond donors (Lipinski definition) is 1. The Morgan fingerprint density at radius 1 is 1.31 bits per heavy atom. The van der Waals surface area contributed by atoms with Crippen molar-refractivity contribution < 1.29 is 0 Å². The molecule has 0 saturated carbocycles. The van der Waals surface area contributed by atoms with E-state index in [1.165, 1.54) is 17.3 Å². The van der Waals surface area contributed by atoms with Crippen LogP contribution in [0.4, 0.5) is 5.69 Å². The van der Waals surface area contributed by atoms with Gasteiger partial charge < -0.3 is 0 Å².